The molecular weight excluding hydrogens is 1620 g/mol. The van der Waals surface area contributed by atoms with Gasteiger partial charge in [0.1, 0.15) is 31.1 Å². The van der Waals surface area contributed by atoms with Crippen molar-refractivity contribution < 1.29 is 4.52 Å². The lowest BCUT2D eigenvalue weighted by Crippen LogP contribution is -2.17. The van der Waals surface area contributed by atoms with E-state index in [2.05, 4.69) is 361 Å². The molecule has 0 aliphatic rings. The Morgan fingerprint density at radius 3 is 1.29 bits per heavy atom. The number of nitrogens with zero attached hydrogens (tertiary/aromatic N) is 26. The second kappa shape index (κ2) is 56.6. The normalized spacial score (nSPS) is 11.1. The third-order valence-electron chi connectivity index (χ3n) is 17.9. The van der Waals surface area contributed by atoms with E-state index in [0.717, 1.165) is 34.2 Å². The van der Waals surface area contributed by atoms with Crippen LogP contribution >= 0.6 is 22.7 Å². The zero-order chi connectivity index (χ0) is 96.8. The summed E-state index contributed by atoms with van der Waals surface area (Å²) in [6.07, 6.45) is 34.2. The molecule has 0 radical (unpaired) electrons. The summed E-state index contributed by atoms with van der Waals surface area (Å²) in [6.45, 7) is 80.8. The van der Waals surface area contributed by atoms with Crippen LogP contribution in [-0.4, -0.2) is 134 Å². The van der Waals surface area contributed by atoms with Gasteiger partial charge in [-0.1, -0.05) is 183 Å². The first-order valence-corrected chi connectivity index (χ1v) is 45.6. The van der Waals surface area contributed by atoms with E-state index in [9.17, 15) is 0 Å². The molecular formula is C97H161N27OS2. The van der Waals surface area contributed by atoms with Crippen LogP contribution in [0.2, 0.25) is 0 Å². The van der Waals surface area contributed by atoms with E-state index in [0.29, 0.717) is 48.0 Å². The van der Waals surface area contributed by atoms with Gasteiger partial charge in [-0.2, -0.15) is 40.5 Å². The lowest BCUT2D eigenvalue weighted by atomic mass is 9.90. The monoisotopic (exact) mass is 1780 g/mol. The first kappa shape index (κ1) is 114. The van der Waals surface area contributed by atoms with Gasteiger partial charge < -0.3 is 14.1 Å². The minimum Gasteiger partial charge on any atom is -0.365 e. The summed E-state index contributed by atoms with van der Waals surface area (Å²) in [7, 11) is 5.87. The predicted molar refractivity (Wildman–Crippen MR) is 525 cm³/mol. The fourth-order valence-electron chi connectivity index (χ4n) is 10.5. The number of aromatic nitrogens is 27. The number of rotatable bonds is 8. The van der Waals surface area contributed by atoms with Crippen molar-refractivity contribution in [1.29, 1.82) is 0 Å². The Balaban J connectivity index is 0.000000685. The lowest BCUT2D eigenvalue weighted by molar-refractivity contribution is 0.392. The summed E-state index contributed by atoms with van der Waals surface area (Å²) in [4.78, 5) is 29.6. The fourth-order valence-corrected chi connectivity index (χ4v) is 12.0. The highest BCUT2D eigenvalue weighted by Gasteiger charge is 2.22. The summed E-state index contributed by atoms with van der Waals surface area (Å²) in [5, 5.41) is 52.3. The molecule has 0 aromatic carbocycles. The van der Waals surface area contributed by atoms with Crippen LogP contribution in [0.1, 0.15) is 356 Å². The van der Waals surface area contributed by atoms with Gasteiger partial charge in [0.2, 0.25) is 0 Å². The smallest absolute Gasteiger partial charge is 0.137 e. The Hall–Kier alpha value is -10.6. The van der Waals surface area contributed by atoms with Crippen LogP contribution in [0.5, 0.6) is 0 Å². The van der Waals surface area contributed by atoms with Crippen LogP contribution in [0, 0.1) is 27.7 Å². The van der Waals surface area contributed by atoms with Crippen LogP contribution in [0.15, 0.2) is 182 Å². The van der Waals surface area contributed by atoms with E-state index >= 15 is 0 Å². The maximum atomic E-state index is 5.01. The van der Waals surface area contributed by atoms with Gasteiger partial charge in [0.15, 0.2) is 0 Å². The fraction of sp³-hybridized carbons (Fsp3) is 0.567. The summed E-state index contributed by atoms with van der Waals surface area (Å²) in [5.74, 6) is 2.69. The minimum absolute atomic E-state index is 0.119. The molecule has 14 heterocycles. The Morgan fingerprint density at radius 1 is 0.441 bits per heavy atom. The second-order valence-electron chi connectivity index (χ2n) is 38.9. The number of hydrogen-bond acceptors (Lipinski definition) is 21. The molecule has 14 aromatic rings. The number of aromatic amines is 1. The molecule has 0 saturated carbocycles. The molecule has 0 unspecified atom stereocenters. The van der Waals surface area contributed by atoms with Crippen LogP contribution < -0.4 is 0 Å². The highest BCUT2D eigenvalue weighted by Crippen LogP contribution is 2.27. The molecule has 0 atom stereocenters. The molecule has 0 aliphatic heterocycles. The van der Waals surface area contributed by atoms with Crippen molar-refractivity contribution in [2.45, 2.75) is 344 Å². The van der Waals surface area contributed by atoms with Crippen molar-refractivity contribution in [3.05, 3.63) is 250 Å². The second-order valence-corrected chi connectivity index (χ2v) is 40.5. The molecule has 702 valence electrons. The number of pyridine rings is 1. The molecule has 1 N–H and O–H groups in total. The average Bonchev–Trinajstić information content (AvgIpc) is 1.37. The quantitative estimate of drug-likeness (QED) is 0.148. The molecule has 14 aromatic heterocycles. The first-order valence-electron chi connectivity index (χ1n) is 43.8. The number of H-pyrrole nitrogens is 1. The number of aryl methyl sites for hydroxylation is 7. The summed E-state index contributed by atoms with van der Waals surface area (Å²) in [6, 6.07) is 16.5. The van der Waals surface area contributed by atoms with Crippen molar-refractivity contribution >= 4 is 22.7 Å². The van der Waals surface area contributed by atoms with E-state index in [1.807, 2.05) is 152 Å². The van der Waals surface area contributed by atoms with Crippen molar-refractivity contribution in [3.63, 3.8) is 0 Å². The van der Waals surface area contributed by atoms with Crippen molar-refractivity contribution in [2.24, 2.45) is 21.1 Å². The Bertz CT molecular complexity index is 4440. The standard InChI is InChI=1S/C10H15N.C9H16N2.2C8H14N2.C8H12N2.C8H13NO.C7H11NS.C7H11N.C6H10N2.C6H9NS.4C5H9N3/c1-8-6-5-7-9(11-8)10(2,3)4;1-7-6-10-11(5)8(7)9(2,3)4;1-8(2,3)7-5-9-10(4)6-7;1-8(2,3)7-5-6-10(4)9-7;1-8(2,3)7-6-9-4-5-10-7;1-5(2)8-6(3)9-10-7(8)4;1-7(2,3)6-4-9-5-8-6;1-6(2)7-4-3-5-8-7;1-6(2)8-5-3-4-7-8;1-5(2)6-7-3-4-8-6;1-5(2)8-3-6-7-4-8;1-5(2)8-4-6-3-7-8;1-5(2)8-4-3-6-7-8;1-5(2)8-6-3-4-7-8/h5-7H,1-4H3;6H,1-5H3;2*5-6H,1-4H3;4-6H,1-3H3;5H,1-4H3;4-5H,1-3H3;3-6,8H,1-2H3;3-6H,1-2H3;5*3-5H,1-2H3. The van der Waals surface area contributed by atoms with E-state index in [-0.39, 0.29) is 32.5 Å². The molecule has 30 heteroatoms. The van der Waals surface area contributed by atoms with E-state index in [1.165, 1.54) is 38.8 Å². The van der Waals surface area contributed by atoms with Gasteiger partial charge in [-0.3, -0.25) is 43.0 Å². The zero-order valence-electron chi connectivity index (χ0n) is 85.2. The highest BCUT2D eigenvalue weighted by atomic mass is 32.1. The molecule has 0 fully saturated rings. The van der Waals surface area contributed by atoms with E-state index in [1.54, 1.807) is 106 Å². The van der Waals surface area contributed by atoms with Gasteiger partial charge in [-0.25, -0.2) is 15.0 Å². The van der Waals surface area contributed by atoms with Crippen molar-refractivity contribution in [1.82, 2.24) is 134 Å². The SMILES string of the molecule is CC(C)(C)c1cnccn1.CC(C)(C)c1cscn1.CC(C)c1ccc[nH]1.CC(C)c1nccs1.CC(C)n1cccn1.CC(C)n1ccnn1.CC(C)n1cncn1.CC(C)n1cnnc1.CC(C)n1nccn1.Cc1cccc(C(C)(C)C)n1.Cc1cnn(C)c1C(C)(C)C.Cc1noc(C)c1C(C)C.Cn1cc(C(C)(C)C)cn1.Cn1ccc(C(C)(C)C)n1. The van der Waals surface area contributed by atoms with E-state index < -0.39 is 0 Å². The third kappa shape index (κ3) is 48.2. The largest absolute Gasteiger partial charge is 0.365 e. The molecule has 0 amide bonds. The average molecular weight is 1790 g/mol. The third-order valence-corrected chi connectivity index (χ3v) is 19.5. The van der Waals surface area contributed by atoms with Gasteiger partial charge in [-0.15, -0.1) is 38.0 Å². The Morgan fingerprint density at radius 2 is 1.05 bits per heavy atom. The topological polar surface area (TPSA) is 300 Å². The summed E-state index contributed by atoms with van der Waals surface area (Å²) >= 11 is 3.38. The summed E-state index contributed by atoms with van der Waals surface area (Å²) in [5.41, 5.74) is 16.1. The Kier molecular flexibility index (Phi) is 50.9. The minimum atomic E-state index is 0.119. The van der Waals surface area contributed by atoms with Crippen LogP contribution in [0.3, 0.4) is 0 Å². The van der Waals surface area contributed by atoms with Crippen molar-refractivity contribution in [3.8, 4) is 0 Å². The maximum absolute atomic E-state index is 5.01. The molecule has 0 aliphatic carbocycles. The van der Waals surface area contributed by atoms with Crippen LogP contribution in [0.4, 0.5) is 0 Å². The molecule has 0 saturated heterocycles. The van der Waals surface area contributed by atoms with Crippen LogP contribution in [0.25, 0.3) is 0 Å². The van der Waals surface area contributed by atoms with Gasteiger partial charge in [0.05, 0.1) is 70.3 Å². The maximum Gasteiger partial charge on any atom is 0.137 e. The molecule has 28 nitrogen and oxygen atoms in total. The number of hydrogen-bond donors (Lipinski definition) is 1. The number of thiazole rings is 2. The molecule has 14 rings (SSSR count). The van der Waals surface area contributed by atoms with Crippen LogP contribution in [-0.2, 0) is 53.6 Å². The van der Waals surface area contributed by atoms with Gasteiger partial charge in [-0.05, 0) is 162 Å². The number of nitrogens with one attached hydrogen (secondary N) is 1. The first-order chi connectivity index (χ1) is 58.9. The van der Waals surface area contributed by atoms with Gasteiger partial charge >= 0.3 is 0 Å². The summed E-state index contributed by atoms with van der Waals surface area (Å²) < 4.78 is 18.1. The van der Waals surface area contributed by atoms with E-state index in [4.69, 9.17) is 4.52 Å². The zero-order valence-corrected chi connectivity index (χ0v) is 86.8. The molecule has 127 heavy (non-hydrogen) atoms. The highest BCUT2D eigenvalue weighted by molar-refractivity contribution is 7.09. The Labute approximate surface area is 771 Å². The molecule has 0 bridgehead atoms. The predicted octanol–water partition coefficient (Wildman–Crippen LogP) is 24.1. The van der Waals surface area contributed by atoms with Gasteiger partial charge in [0, 0.05) is 179 Å². The van der Waals surface area contributed by atoms with Crippen molar-refractivity contribution in [2.75, 3.05) is 0 Å². The lowest BCUT2D eigenvalue weighted by Gasteiger charge is -2.19. The van der Waals surface area contributed by atoms with Gasteiger partial charge in [0.25, 0.3) is 0 Å². The molecule has 0 spiro atoms.